The summed E-state index contributed by atoms with van der Waals surface area (Å²) in [7, 11) is 0. The van der Waals surface area contributed by atoms with Crippen molar-refractivity contribution >= 4 is 15.9 Å². The highest BCUT2D eigenvalue weighted by Crippen LogP contribution is 2.34. The van der Waals surface area contributed by atoms with E-state index in [-0.39, 0.29) is 0 Å². The molecule has 1 aromatic rings. The third kappa shape index (κ3) is 2.80. The summed E-state index contributed by atoms with van der Waals surface area (Å²) in [6, 6.07) is 4.13. The van der Waals surface area contributed by atoms with Gasteiger partial charge in [-0.15, -0.1) is 0 Å². The van der Waals surface area contributed by atoms with Crippen LogP contribution < -0.4 is 0 Å². The minimum Gasteiger partial charge on any atom is -0.249 e. The summed E-state index contributed by atoms with van der Waals surface area (Å²) in [5.41, 5.74) is 1.60. The lowest BCUT2D eigenvalue weighted by Crippen LogP contribution is -2.15. The van der Waals surface area contributed by atoms with Crippen LogP contribution in [0.5, 0.6) is 0 Å². The van der Waals surface area contributed by atoms with Crippen LogP contribution in [0.4, 0.5) is 0 Å². The smallest absolute Gasteiger partial charge is 0.106 e. The standard InChI is InChI=1S/C11H16BrN/c1-8(11(2,3)4)9-5-6-10(12)13-7-9/h5-8H,1-4H3. The quantitative estimate of drug-likeness (QED) is 0.678. The van der Waals surface area contributed by atoms with Gasteiger partial charge in [0.25, 0.3) is 0 Å². The summed E-state index contributed by atoms with van der Waals surface area (Å²) in [6.07, 6.45) is 1.94. The first-order valence-electron chi connectivity index (χ1n) is 4.52. The molecule has 2 heteroatoms. The van der Waals surface area contributed by atoms with Gasteiger partial charge in [-0.25, -0.2) is 4.98 Å². The SMILES string of the molecule is CC(c1ccc(Br)nc1)C(C)(C)C. The first-order valence-corrected chi connectivity index (χ1v) is 5.32. The zero-order valence-electron chi connectivity index (χ0n) is 8.63. The molecule has 1 atom stereocenters. The fourth-order valence-corrected chi connectivity index (χ4v) is 1.38. The molecular formula is C11H16BrN. The van der Waals surface area contributed by atoms with E-state index in [4.69, 9.17) is 0 Å². The van der Waals surface area contributed by atoms with E-state index in [1.165, 1.54) is 5.56 Å². The molecule has 0 saturated carbocycles. The molecule has 0 N–H and O–H groups in total. The summed E-state index contributed by atoms with van der Waals surface area (Å²) < 4.78 is 0.900. The molecule has 0 aliphatic rings. The molecule has 72 valence electrons. The van der Waals surface area contributed by atoms with Crippen molar-refractivity contribution in [3.63, 3.8) is 0 Å². The Morgan fingerprint density at radius 3 is 2.31 bits per heavy atom. The van der Waals surface area contributed by atoms with Gasteiger partial charge in [0.15, 0.2) is 0 Å². The second kappa shape index (κ2) is 3.79. The van der Waals surface area contributed by atoms with Crippen LogP contribution in [0.25, 0.3) is 0 Å². The number of hydrogen-bond donors (Lipinski definition) is 0. The topological polar surface area (TPSA) is 12.9 Å². The Kier molecular flexibility index (Phi) is 3.12. The van der Waals surface area contributed by atoms with E-state index in [2.05, 4.69) is 54.7 Å². The highest BCUT2D eigenvalue weighted by atomic mass is 79.9. The molecule has 1 heterocycles. The molecule has 1 nitrogen and oxygen atoms in total. The van der Waals surface area contributed by atoms with Crippen molar-refractivity contribution in [3.05, 3.63) is 28.5 Å². The number of rotatable bonds is 1. The molecule has 0 radical (unpaired) electrons. The molecule has 0 aliphatic heterocycles. The number of aromatic nitrogens is 1. The van der Waals surface area contributed by atoms with Gasteiger partial charge in [-0.05, 0) is 38.9 Å². The van der Waals surface area contributed by atoms with Crippen LogP contribution in [0.15, 0.2) is 22.9 Å². The van der Waals surface area contributed by atoms with Crippen molar-refractivity contribution in [1.82, 2.24) is 4.98 Å². The van der Waals surface area contributed by atoms with E-state index >= 15 is 0 Å². The molecule has 0 saturated heterocycles. The molecule has 0 spiro atoms. The number of hydrogen-bond acceptors (Lipinski definition) is 1. The molecule has 0 amide bonds. The predicted molar refractivity (Wildman–Crippen MR) is 59.8 cm³/mol. The van der Waals surface area contributed by atoms with Crippen LogP contribution in [-0.4, -0.2) is 4.98 Å². The van der Waals surface area contributed by atoms with Crippen LogP contribution in [0.3, 0.4) is 0 Å². The first kappa shape index (κ1) is 10.7. The van der Waals surface area contributed by atoms with Gasteiger partial charge in [0.05, 0.1) is 0 Å². The molecule has 1 unspecified atom stereocenters. The lowest BCUT2D eigenvalue weighted by molar-refractivity contribution is 0.339. The monoisotopic (exact) mass is 241 g/mol. The van der Waals surface area contributed by atoms with E-state index in [1.54, 1.807) is 0 Å². The van der Waals surface area contributed by atoms with Gasteiger partial charge >= 0.3 is 0 Å². The maximum Gasteiger partial charge on any atom is 0.106 e. The maximum absolute atomic E-state index is 4.23. The Morgan fingerprint density at radius 2 is 1.92 bits per heavy atom. The zero-order valence-corrected chi connectivity index (χ0v) is 10.2. The molecular weight excluding hydrogens is 226 g/mol. The van der Waals surface area contributed by atoms with Crippen LogP contribution in [0, 0.1) is 5.41 Å². The average molecular weight is 242 g/mol. The second-order valence-electron chi connectivity index (χ2n) is 4.50. The maximum atomic E-state index is 4.23. The molecule has 1 rings (SSSR count). The van der Waals surface area contributed by atoms with E-state index in [9.17, 15) is 0 Å². The Hall–Kier alpha value is -0.370. The van der Waals surface area contributed by atoms with Gasteiger partial charge in [0.2, 0.25) is 0 Å². The van der Waals surface area contributed by atoms with Crippen LogP contribution in [-0.2, 0) is 0 Å². The van der Waals surface area contributed by atoms with Crippen molar-refractivity contribution in [3.8, 4) is 0 Å². The summed E-state index contributed by atoms with van der Waals surface area (Å²) in [6.45, 7) is 8.99. The van der Waals surface area contributed by atoms with Crippen molar-refractivity contribution in [2.75, 3.05) is 0 Å². The Labute approximate surface area is 88.7 Å². The summed E-state index contributed by atoms with van der Waals surface area (Å²) in [4.78, 5) is 4.23. The van der Waals surface area contributed by atoms with Gasteiger partial charge in [0.1, 0.15) is 4.60 Å². The summed E-state index contributed by atoms with van der Waals surface area (Å²) in [5.74, 6) is 0.535. The number of nitrogens with zero attached hydrogens (tertiary/aromatic N) is 1. The third-order valence-electron chi connectivity index (χ3n) is 2.55. The van der Waals surface area contributed by atoms with Gasteiger partial charge < -0.3 is 0 Å². The summed E-state index contributed by atoms with van der Waals surface area (Å²) in [5, 5.41) is 0. The fraction of sp³-hybridized carbons (Fsp3) is 0.545. The molecule has 0 bridgehead atoms. The minimum absolute atomic E-state index is 0.301. The van der Waals surface area contributed by atoms with Gasteiger partial charge in [-0.2, -0.15) is 0 Å². The normalized spacial score (nSPS) is 14.2. The van der Waals surface area contributed by atoms with Crippen molar-refractivity contribution in [1.29, 1.82) is 0 Å². The first-order chi connectivity index (χ1) is 5.91. The molecule has 13 heavy (non-hydrogen) atoms. The summed E-state index contributed by atoms with van der Waals surface area (Å²) >= 11 is 3.33. The van der Waals surface area contributed by atoms with E-state index in [0.29, 0.717) is 11.3 Å². The number of halogens is 1. The molecule has 0 aliphatic carbocycles. The highest BCUT2D eigenvalue weighted by molar-refractivity contribution is 9.10. The van der Waals surface area contributed by atoms with Crippen molar-refractivity contribution < 1.29 is 0 Å². The lowest BCUT2D eigenvalue weighted by atomic mass is 9.78. The van der Waals surface area contributed by atoms with E-state index in [0.717, 1.165) is 4.60 Å². The fourth-order valence-electron chi connectivity index (χ4n) is 1.14. The van der Waals surface area contributed by atoms with Crippen LogP contribution >= 0.6 is 15.9 Å². The second-order valence-corrected chi connectivity index (χ2v) is 5.31. The molecule has 0 aromatic carbocycles. The number of pyridine rings is 1. The predicted octanol–water partition coefficient (Wildman–Crippen LogP) is 3.99. The third-order valence-corrected chi connectivity index (χ3v) is 3.02. The lowest BCUT2D eigenvalue weighted by Gasteiger charge is -2.27. The van der Waals surface area contributed by atoms with Crippen LogP contribution in [0.2, 0.25) is 0 Å². The van der Waals surface area contributed by atoms with Crippen LogP contribution in [0.1, 0.15) is 39.2 Å². The van der Waals surface area contributed by atoms with Gasteiger partial charge in [0, 0.05) is 6.20 Å². The Morgan fingerprint density at radius 1 is 1.31 bits per heavy atom. The molecule has 0 fully saturated rings. The zero-order chi connectivity index (χ0) is 10.1. The van der Waals surface area contributed by atoms with Gasteiger partial charge in [-0.3, -0.25) is 0 Å². The van der Waals surface area contributed by atoms with Gasteiger partial charge in [-0.1, -0.05) is 33.8 Å². The van der Waals surface area contributed by atoms with E-state index in [1.807, 2.05) is 12.3 Å². The van der Waals surface area contributed by atoms with Crippen molar-refractivity contribution in [2.24, 2.45) is 5.41 Å². The van der Waals surface area contributed by atoms with Crippen molar-refractivity contribution in [2.45, 2.75) is 33.6 Å². The average Bonchev–Trinajstić information content (AvgIpc) is 2.03. The Balaban J connectivity index is 2.90. The van der Waals surface area contributed by atoms with E-state index < -0.39 is 0 Å². The minimum atomic E-state index is 0.301. The largest absolute Gasteiger partial charge is 0.249 e. The highest BCUT2D eigenvalue weighted by Gasteiger charge is 2.21. The molecule has 1 aromatic heterocycles. The Bertz CT molecular complexity index is 271.